The van der Waals surface area contributed by atoms with Crippen LogP contribution in [0.1, 0.15) is 48.0 Å². The summed E-state index contributed by atoms with van der Waals surface area (Å²) < 4.78 is 11.4. The number of methoxy groups -OCH3 is 1. The Morgan fingerprint density at radius 2 is 2.12 bits per heavy atom. The standard InChI is InChI=1S/C20H24N2O2/c1-13-9-17(15-5-3-6-15)22-19(21-13)11-14-10-16-7-4-8-18(23-2)20(16)24-12-14/h4,7-9,14-15H,3,5-6,10-12H2,1-2H3/t14-/m0/s1. The van der Waals surface area contributed by atoms with Crippen LogP contribution in [0.3, 0.4) is 0 Å². The molecule has 2 aromatic rings. The van der Waals surface area contributed by atoms with Gasteiger partial charge in [-0.05, 0) is 43.9 Å². The van der Waals surface area contributed by atoms with E-state index in [4.69, 9.17) is 14.5 Å². The largest absolute Gasteiger partial charge is 0.493 e. The van der Waals surface area contributed by atoms with E-state index < -0.39 is 0 Å². The van der Waals surface area contributed by atoms with E-state index in [-0.39, 0.29) is 0 Å². The van der Waals surface area contributed by atoms with Gasteiger partial charge in [0.2, 0.25) is 0 Å². The van der Waals surface area contributed by atoms with Crippen LogP contribution in [-0.2, 0) is 12.8 Å². The van der Waals surface area contributed by atoms with Gasteiger partial charge in [0.1, 0.15) is 5.82 Å². The highest BCUT2D eigenvalue weighted by Crippen LogP contribution is 2.37. The number of hydrogen-bond acceptors (Lipinski definition) is 4. The number of fused-ring (bicyclic) bond motifs is 1. The second-order valence-electron chi connectivity index (χ2n) is 7.01. The predicted octanol–water partition coefficient (Wildman–Crippen LogP) is 3.85. The van der Waals surface area contributed by atoms with Crippen LogP contribution in [0.25, 0.3) is 0 Å². The molecule has 0 unspecified atom stereocenters. The van der Waals surface area contributed by atoms with E-state index in [0.717, 1.165) is 35.9 Å². The maximum Gasteiger partial charge on any atom is 0.164 e. The third-order valence-corrected chi connectivity index (χ3v) is 5.17. The van der Waals surface area contributed by atoms with Gasteiger partial charge in [0.05, 0.1) is 13.7 Å². The summed E-state index contributed by atoms with van der Waals surface area (Å²) in [4.78, 5) is 9.52. The molecule has 1 fully saturated rings. The third kappa shape index (κ3) is 2.97. The first-order chi connectivity index (χ1) is 11.7. The van der Waals surface area contributed by atoms with Crippen LogP contribution < -0.4 is 9.47 Å². The van der Waals surface area contributed by atoms with Crippen molar-refractivity contribution < 1.29 is 9.47 Å². The molecule has 4 heteroatoms. The van der Waals surface area contributed by atoms with Crippen molar-refractivity contribution >= 4 is 0 Å². The molecule has 4 rings (SSSR count). The SMILES string of the molecule is COc1cccc2c1OC[C@H](Cc1nc(C)cc(C3CCC3)n1)C2. The normalized spacial score (nSPS) is 20.0. The molecule has 0 bridgehead atoms. The van der Waals surface area contributed by atoms with E-state index >= 15 is 0 Å². The van der Waals surface area contributed by atoms with E-state index in [1.54, 1.807) is 7.11 Å². The number of rotatable bonds is 4. The third-order valence-electron chi connectivity index (χ3n) is 5.17. The molecule has 0 N–H and O–H groups in total. The number of aromatic nitrogens is 2. The van der Waals surface area contributed by atoms with E-state index in [1.165, 1.54) is 30.5 Å². The van der Waals surface area contributed by atoms with Crippen LogP contribution >= 0.6 is 0 Å². The molecule has 126 valence electrons. The van der Waals surface area contributed by atoms with Crippen LogP contribution in [0, 0.1) is 12.8 Å². The fourth-order valence-electron chi connectivity index (χ4n) is 3.67. The number of para-hydroxylation sites is 1. The Morgan fingerprint density at radius 3 is 2.88 bits per heavy atom. The first-order valence-electron chi connectivity index (χ1n) is 8.86. The van der Waals surface area contributed by atoms with E-state index in [9.17, 15) is 0 Å². The summed E-state index contributed by atoms with van der Waals surface area (Å²) in [6.45, 7) is 2.77. The van der Waals surface area contributed by atoms with Gasteiger partial charge in [-0.25, -0.2) is 9.97 Å². The van der Waals surface area contributed by atoms with Gasteiger partial charge in [0.15, 0.2) is 11.5 Å². The molecule has 1 aromatic carbocycles. The average molecular weight is 324 g/mol. The van der Waals surface area contributed by atoms with Crippen LogP contribution in [-0.4, -0.2) is 23.7 Å². The Bertz CT molecular complexity index is 740. The molecule has 2 heterocycles. The number of hydrogen-bond donors (Lipinski definition) is 0. The Balaban J connectivity index is 1.51. The summed E-state index contributed by atoms with van der Waals surface area (Å²) >= 11 is 0. The van der Waals surface area contributed by atoms with Crippen LogP contribution in [0.15, 0.2) is 24.3 Å². The van der Waals surface area contributed by atoms with Crippen molar-refractivity contribution in [2.45, 2.75) is 44.9 Å². The minimum Gasteiger partial charge on any atom is -0.493 e. The summed E-state index contributed by atoms with van der Waals surface area (Å²) in [5.74, 6) is 3.76. The van der Waals surface area contributed by atoms with Crippen molar-refractivity contribution in [2.24, 2.45) is 5.92 Å². The Hall–Kier alpha value is -2.10. The van der Waals surface area contributed by atoms with Crippen LogP contribution in [0.4, 0.5) is 0 Å². The molecule has 24 heavy (non-hydrogen) atoms. The first kappa shape index (κ1) is 15.4. The van der Waals surface area contributed by atoms with Gasteiger partial charge in [0.25, 0.3) is 0 Å². The van der Waals surface area contributed by atoms with Crippen molar-refractivity contribution in [3.8, 4) is 11.5 Å². The fourth-order valence-corrected chi connectivity index (χ4v) is 3.67. The lowest BCUT2D eigenvalue weighted by atomic mass is 9.82. The van der Waals surface area contributed by atoms with Gasteiger partial charge < -0.3 is 9.47 Å². The van der Waals surface area contributed by atoms with Crippen molar-refractivity contribution in [2.75, 3.05) is 13.7 Å². The van der Waals surface area contributed by atoms with Crippen molar-refractivity contribution in [1.29, 1.82) is 0 Å². The zero-order chi connectivity index (χ0) is 16.5. The highest BCUT2D eigenvalue weighted by Gasteiger charge is 2.25. The summed E-state index contributed by atoms with van der Waals surface area (Å²) in [6, 6.07) is 8.26. The molecule has 0 saturated heterocycles. The fraction of sp³-hybridized carbons (Fsp3) is 0.500. The molecule has 1 saturated carbocycles. The molecule has 2 aliphatic rings. The number of nitrogens with zero attached hydrogens (tertiary/aromatic N) is 2. The predicted molar refractivity (Wildman–Crippen MR) is 92.7 cm³/mol. The lowest BCUT2D eigenvalue weighted by Crippen LogP contribution is -2.24. The first-order valence-corrected chi connectivity index (χ1v) is 8.86. The van der Waals surface area contributed by atoms with E-state index in [2.05, 4.69) is 24.0 Å². The topological polar surface area (TPSA) is 44.2 Å². The van der Waals surface area contributed by atoms with Crippen molar-refractivity contribution in [3.05, 3.63) is 47.0 Å². The molecule has 0 radical (unpaired) electrons. The number of ether oxygens (including phenoxy) is 2. The maximum absolute atomic E-state index is 5.99. The molecule has 1 atom stereocenters. The van der Waals surface area contributed by atoms with Gasteiger partial charge in [0, 0.05) is 29.6 Å². The molecular formula is C20H24N2O2. The average Bonchev–Trinajstić information content (AvgIpc) is 2.52. The number of benzene rings is 1. The lowest BCUT2D eigenvalue weighted by molar-refractivity contribution is 0.209. The smallest absolute Gasteiger partial charge is 0.164 e. The molecular weight excluding hydrogens is 300 g/mol. The Labute approximate surface area is 143 Å². The van der Waals surface area contributed by atoms with Gasteiger partial charge in [-0.1, -0.05) is 18.6 Å². The zero-order valence-electron chi connectivity index (χ0n) is 14.4. The van der Waals surface area contributed by atoms with Crippen LogP contribution in [0.5, 0.6) is 11.5 Å². The molecule has 1 aromatic heterocycles. The second kappa shape index (κ2) is 6.42. The minimum atomic E-state index is 0.417. The van der Waals surface area contributed by atoms with Gasteiger partial charge in [-0.15, -0.1) is 0 Å². The zero-order valence-corrected chi connectivity index (χ0v) is 14.4. The lowest BCUT2D eigenvalue weighted by Gasteiger charge is -2.27. The second-order valence-corrected chi connectivity index (χ2v) is 7.01. The van der Waals surface area contributed by atoms with E-state index in [1.807, 2.05) is 12.1 Å². The van der Waals surface area contributed by atoms with Gasteiger partial charge >= 0.3 is 0 Å². The quantitative estimate of drug-likeness (QED) is 0.857. The summed E-state index contributed by atoms with van der Waals surface area (Å²) in [7, 11) is 1.69. The van der Waals surface area contributed by atoms with Crippen molar-refractivity contribution in [3.63, 3.8) is 0 Å². The minimum absolute atomic E-state index is 0.417. The van der Waals surface area contributed by atoms with E-state index in [0.29, 0.717) is 18.4 Å². The molecule has 1 aliphatic heterocycles. The highest BCUT2D eigenvalue weighted by atomic mass is 16.5. The molecule has 0 amide bonds. The maximum atomic E-state index is 5.99. The van der Waals surface area contributed by atoms with Crippen molar-refractivity contribution in [1.82, 2.24) is 9.97 Å². The Kier molecular flexibility index (Phi) is 4.13. The Morgan fingerprint density at radius 1 is 1.25 bits per heavy atom. The molecule has 0 spiro atoms. The monoisotopic (exact) mass is 324 g/mol. The summed E-state index contributed by atoms with van der Waals surface area (Å²) in [6.07, 6.45) is 5.74. The summed E-state index contributed by atoms with van der Waals surface area (Å²) in [5, 5.41) is 0. The molecule has 1 aliphatic carbocycles. The number of aryl methyl sites for hydroxylation is 1. The molecule has 4 nitrogen and oxygen atoms in total. The van der Waals surface area contributed by atoms with Crippen LogP contribution in [0.2, 0.25) is 0 Å². The highest BCUT2D eigenvalue weighted by molar-refractivity contribution is 5.47. The van der Waals surface area contributed by atoms with Gasteiger partial charge in [-0.3, -0.25) is 0 Å². The van der Waals surface area contributed by atoms with Gasteiger partial charge in [-0.2, -0.15) is 0 Å². The summed E-state index contributed by atoms with van der Waals surface area (Å²) in [5.41, 5.74) is 3.54.